The summed E-state index contributed by atoms with van der Waals surface area (Å²) in [5, 5.41) is 2.56. The molecule has 0 unspecified atom stereocenters. The highest BCUT2D eigenvalue weighted by Crippen LogP contribution is 2.34. The predicted octanol–water partition coefficient (Wildman–Crippen LogP) is 15.7. The summed E-state index contributed by atoms with van der Waals surface area (Å²) in [5.74, 6) is 0. The van der Waals surface area contributed by atoms with Crippen molar-refractivity contribution in [1.29, 1.82) is 0 Å². The second-order valence-corrected chi connectivity index (χ2v) is 15.0. The lowest BCUT2D eigenvalue weighted by atomic mass is 9.97. The zero-order valence-electron chi connectivity index (χ0n) is 34.2. The Balaban J connectivity index is 0.000000274. The number of rotatable bonds is 8. The molecular weight excluding hydrogens is 713 g/mol. The van der Waals surface area contributed by atoms with Gasteiger partial charge in [-0.15, -0.1) is 0 Å². The first-order valence-corrected chi connectivity index (χ1v) is 20.3. The normalized spacial score (nSPS) is 11.7. The number of aromatic nitrogens is 2. The molecule has 0 aliphatic carbocycles. The van der Waals surface area contributed by atoms with Gasteiger partial charge in [0.15, 0.2) is 0 Å². The number of allylic oxidation sites excluding steroid dienone is 6. The van der Waals surface area contributed by atoms with Gasteiger partial charge in [-0.05, 0) is 108 Å². The molecule has 0 aliphatic heterocycles. The molecule has 0 amide bonds. The Labute approximate surface area is 348 Å². The van der Waals surface area contributed by atoms with E-state index in [4.69, 9.17) is 0 Å². The van der Waals surface area contributed by atoms with Crippen molar-refractivity contribution in [3.05, 3.63) is 235 Å². The van der Waals surface area contributed by atoms with Crippen LogP contribution in [0.3, 0.4) is 0 Å². The minimum Gasteiger partial charge on any atom is -0.309 e. The lowest BCUT2D eigenvalue weighted by Gasteiger charge is -2.10. The molecule has 0 fully saturated rings. The molecule has 2 aromatic heterocycles. The summed E-state index contributed by atoms with van der Waals surface area (Å²) in [6.07, 6.45) is 14.2. The van der Waals surface area contributed by atoms with Gasteiger partial charge in [0.05, 0.1) is 11.0 Å². The van der Waals surface area contributed by atoms with E-state index in [1.54, 1.807) is 0 Å². The molecule has 0 N–H and O–H groups in total. The van der Waals surface area contributed by atoms with E-state index in [2.05, 4.69) is 218 Å². The van der Waals surface area contributed by atoms with E-state index in [0.29, 0.717) is 0 Å². The fourth-order valence-corrected chi connectivity index (χ4v) is 7.70. The summed E-state index contributed by atoms with van der Waals surface area (Å²) < 4.78 is 2.35. The van der Waals surface area contributed by atoms with E-state index in [1.807, 2.05) is 37.5 Å². The maximum atomic E-state index is 4.58. The van der Waals surface area contributed by atoms with Crippen molar-refractivity contribution in [1.82, 2.24) is 9.55 Å². The van der Waals surface area contributed by atoms with Gasteiger partial charge in [0, 0.05) is 40.0 Å². The molecule has 9 rings (SSSR count). The number of aryl methyl sites for hydroxylation is 2. The third kappa shape index (κ3) is 8.68. The number of fused-ring (bicyclic) bond motifs is 3. The second kappa shape index (κ2) is 17.9. The minimum absolute atomic E-state index is 1.11. The Morgan fingerprint density at radius 2 is 0.898 bits per heavy atom. The fourth-order valence-electron chi connectivity index (χ4n) is 7.70. The molecule has 0 saturated heterocycles. The van der Waals surface area contributed by atoms with Crippen LogP contribution in [0.1, 0.15) is 30.5 Å². The molecule has 0 radical (unpaired) electrons. The first kappa shape index (κ1) is 38.6. The van der Waals surface area contributed by atoms with Crippen molar-refractivity contribution in [2.45, 2.75) is 27.7 Å². The van der Waals surface area contributed by atoms with Gasteiger partial charge in [-0.1, -0.05) is 182 Å². The van der Waals surface area contributed by atoms with Gasteiger partial charge in [0.2, 0.25) is 0 Å². The van der Waals surface area contributed by atoms with Crippen LogP contribution in [-0.2, 0) is 0 Å². The van der Waals surface area contributed by atoms with Gasteiger partial charge in [0.25, 0.3) is 0 Å². The summed E-state index contributed by atoms with van der Waals surface area (Å²) in [7, 11) is 0. The zero-order valence-corrected chi connectivity index (χ0v) is 34.2. The van der Waals surface area contributed by atoms with Crippen LogP contribution in [0.5, 0.6) is 0 Å². The Hall–Kier alpha value is -7.29. The molecule has 0 spiro atoms. The second-order valence-electron chi connectivity index (χ2n) is 15.0. The summed E-state index contributed by atoms with van der Waals surface area (Å²) in [6.45, 7) is 8.42. The van der Waals surface area contributed by atoms with Crippen LogP contribution < -0.4 is 0 Å². The van der Waals surface area contributed by atoms with Crippen LogP contribution in [0, 0.1) is 13.8 Å². The van der Waals surface area contributed by atoms with Crippen molar-refractivity contribution in [2.24, 2.45) is 0 Å². The summed E-state index contributed by atoms with van der Waals surface area (Å²) in [4.78, 5) is 4.58. The van der Waals surface area contributed by atoms with Gasteiger partial charge >= 0.3 is 0 Å². The third-order valence-electron chi connectivity index (χ3n) is 10.9. The largest absolute Gasteiger partial charge is 0.309 e. The Morgan fingerprint density at radius 1 is 0.458 bits per heavy atom. The number of pyridine rings is 1. The lowest BCUT2D eigenvalue weighted by Crippen LogP contribution is -1.93. The lowest BCUT2D eigenvalue weighted by molar-refractivity contribution is 1.18. The zero-order chi connectivity index (χ0) is 40.6. The van der Waals surface area contributed by atoms with Gasteiger partial charge < -0.3 is 4.57 Å². The molecular formula is C57H48N2. The van der Waals surface area contributed by atoms with Crippen LogP contribution in [0.4, 0.5) is 0 Å². The fraction of sp³-hybridized carbons (Fsp3) is 0.0702. The maximum absolute atomic E-state index is 4.58. The molecule has 9 aromatic rings. The van der Waals surface area contributed by atoms with E-state index in [9.17, 15) is 0 Å². The number of nitrogens with zero attached hydrogens (tertiary/aromatic N) is 2. The van der Waals surface area contributed by atoms with Crippen molar-refractivity contribution in [3.63, 3.8) is 0 Å². The van der Waals surface area contributed by atoms with Crippen LogP contribution >= 0.6 is 0 Å². The van der Waals surface area contributed by atoms with E-state index in [1.165, 1.54) is 66.3 Å². The average molecular weight is 761 g/mol. The van der Waals surface area contributed by atoms with E-state index in [-0.39, 0.29) is 0 Å². The highest BCUT2D eigenvalue weighted by Gasteiger charge is 2.12. The van der Waals surface area contributed by atoms with Crippen LogP contribution in [-0.4, -0.2) is 9.55 Å². The molecule has 2 nitrogen and oxygen atoms in total. The van der Waals surface area contributed by atoms with Crippen molar-refractivity contribution >= 4 is 27.4 Å². The van der Waals surface area contributed by atoms with Gasteiger partial charge in [-0.2, -0.15) is 0 Å². The first-order chi connectivity index (χ1) is 29.0. The van der Waals surface area contributed by atoms with Gasteiger partial charge in [-0.25, -0.2) is 0 Å². The first-order valence-electron chi connectivity index (χ1n) is 20.3. The number of para-hydroxylation sites is 2. The number of hydrogen-bond acceptors (Lipinski definition) is 1. The van der Waals surface area contributed by atoms with E-state index in [0.717, 1.165) is 27.9 Å². The highest BCUT2D eigenvalue weighted by molar-refractivity contribution is 6.09. The van der Waals surface area contributed by atoms with Crippen LogP contribution in [0.25, 0.3) is 77.6 Å². The summed E-state index contributed by atoms with van der Waals surface area (Å²) >= 11 is 0. The Kier molecular flexibility index (Phi) is 11.7. The molecule has 0 bridgehead atoms. The molecule has 0 atom stereocenters. The van der Waals surface area contributed by atoms with Crippen LogP contribution in [0.15, 0.2) is 219 Å². The minimum atomic E-state index is 1.11. The molecule has 2 heteroatoms. The molecule has 286 valence electrons. The van der Waals surface area contributed by atoms with Crippen molar-refractivity contribution in [3.8, 4) is 50.2 Å². The summed E-state index contributed by atoms with van der Waals surface area (Å²) in [6, 6.07) is 63.0. The smallest absolute Gasteiger partial charge is 0.0541 e. The quantitative estimate of drug-likeness (QED) is 0.141. The van der Waals surface area contributed by atoms with Gasteiger partial charge in [0.1, 0.15) is 0 Å². The average Bonchev–Trinajstić information content (AvgIpc) is 3.63. The van der Waals surface area contributed by atoms with E-state index < -0.39 is 0 Å². The third-order valence-corrected chi connectivity index (χ3v) is 10.9. The number of benzene rings is 7. The monoisotopic (exact) mass is 760 g/mol. The molecule has 0 aliphatic rings. The maximum Gasteiger partial charge on any atom is 0.0541 e. The van der Waals surface area contributed by atoms with Crippen molar-refractivity contribution in [2.75, 3.05) is 0 Å². The molecule has 59 heavy (non-hydrogen) atoms. The number of hydrogen-bond donors (Lipinski definition) is 0. The van der Waals surface area contributed by atoms with Gasteiger partial charge in [-0.3, -0.25) is 4.98 Å². The SMILES string of the molecule is C/C=C/C=C\C=C(/C)c1ccccc1C.Cc1ccc(-c2ccc(-c3cncc(-c4ccc(-c5ccc(-n6c7ccccc7c7ccccc76)cc5)cc4)c3)cc2)cc1. The van der Waals surface area contributed by atoms with E-state index >= 15 is 0 Å². The standard InChI is InChI=1S/C42H30N2.C15H18/c1-29-10-12-30(13-11-29)31-14-18-34(19-15-31)36-26-37(28-43-27-36)35-20-16-32(17-21-35)33-22-24-38(25-23-33)44-41-8-4-2-6-39(41)40-7-3-5-9-42(40)44;1-4-5-6-7-10-13(2)15-12-9-8-11-14(15)3/h2-28H,1H3;4-12H,1-3H3/b;5-4+,7-6-,13-10+. The molecule has 0 saturated carbocycles. The summed E-state index contributed by atoms with van der Waals surface area (Å²) in [5.41, 5.74) is 18.2. The molecule has 2 heterocycles. The highest BCUT2D eigenvalue weighted by atomic mass is 15.0. The van der Waals surface area contributed by atoms with Crippen LogP contribution in [0.2, 0.25) is 0 Å². The Bertz CT molecular complexity index is 2870. The molecule has 7 aromatic carbocycles. The van der Waals surface area contributed by atoms with Crippen molar-refractivity contribution < 1.29 is 0 Å². The predicted molar refractivity (Wildman–Crippen MR) is 254 cm³/mol. The Morgan fingerprint density at radius 3 is 1.41 bits per heavy atom. The topological polar surface area (TPSA) is 17.8 Å².